The van der Waals surface area contributed by atoms with Gasteiger partial charge in [0.15, 0.2) is 9.84 Å². The number of thiazole rings is 1. The van der Waals surface area contributed by atoms with Gasteiger partial charge in [-0.15, -0.1) is 11.3 Å². The molecular formula is C18H18N4O3S2. The molecule has 1 aliphatic rings. The van der Waals surface area contributed by atoms with Crippen molar-refractivity contribution in [1.29, 1.82) is 0 Å². The summed E-state index contributed by atoms with van der Waals surface area (Å²) in [4.78, 5) is 17.1. The predicted octanol–water partition coefficient (Wildman–Crippen LogP) is 2.93. The smallest absolute Gasteiger partial charge is 0.276 e. The molecule has 140 valence electrons. The van der Waals surface area contributed by atoms with E-state index in [1.165, 1.54) is 11.3 Å². The van der Waals surface area contributed by atoms with Crippen LogP contribution in [-0.2, 0) is 9.84 Å². The highest BCUT2D eigenvalue weighted by molar-refractivity contribution is 7.91. The van der Waals surface area contributed by atoms with Crippen LogP contribution in [0.5, 0.6) is 0 Å². The Bertz CT molecular complexity index is 1090. The van der Waals surface area contributed by atoms with Crippen LogP contribution in [-0.4, -0.2) is 40.6 Å². The Kier molecular flexibility index (Phi) is 4.56. The molecular weight excluding hydrogens is 384 g/mol. The summed E-state index contributed by atoms with van der Waals surface area (Å²) in [6, 6.07) is 11.2. The van der Waals surface area contributed by atoms with Crippen LogP contribution >= 0.6 is 11.3 Å². The number of carbonyl (C=O) groups excluding carboxylic acids is 1. The monoisotopic (exact) mass is 402 g/mol. The van der Waals surface area contributed by atoms with Crippen LogP contribution in [0.4, 0.5) is 5.82 Å². The van der Waals surface area contributed by atoms with Gasteiger partial charge in [0, 0.05) is 17.0 Å². The van der Waals surface area contributed by atoms with Crippen molar-refractivity contribution in [1.82, 2.24) is 14.8 Å². The van der Waals surface area contributed by atoms with Gasteiger partial charge in [-0.25, -0.2) is 18.1 Å². The quantitative estimate of drug-likeness (QED) is 0.724. The van der Waals surface area contributed by atoms with Crippen molar-refractivity contribution < 1.29 is 13.2 Å². The second kappa shape index (κ2) is 6.90. The molecule has 2 aromatic heterocycles. The van der Waals surface area contributed by atoms with Gasteiger partial charge in [-0.05, 0) is 13.3 Å². The highest BCUT2D eigenvalue weighted by atomic mass is 32.2. The lowest BCUT2D eigenvalue weighted by atomic mass is 10.2. The summed E-state index contributed by atoms with van der Waals surface area (Å²) in [7, 11) is -3.04. The Balaban J connectivity index is 1.55. The molecule has 1 atom stereocenters. The minimum absolute atomic E-state index is 0.0475. The largest absolute Gasteiger partial charge is 0.305 e. The van der Waals surface area contributed by atoms with E-state index in [0.717, 1.165) is 16.3 Å². The molecule has 9 heteroatoms. The standard InChI is InChI=1S/C18H18N4O3S2/c1-12-9-16(22(21-12)14-7-8-27(24,25)11-14)20-17(23)15-10-26-18(19-15)13-5-3-2-4-6-13/h2-6,9-10,14H,7-8,11H2,1H3,(H,20,23). The maximum absolute atomic E-state index is 12.6. The van der Waals surface area contributed by atoms with Crippen LogP contribution in [0, 0.1) is 6.92 Å². The summed E-state index contributed by atoms with van der Waals surface area (Å²) in [5, 5.41) is 9.69. The maximum Gasteiger partial charge on any atom is 0.276 e. The van der Waals surface area contributed by atoms with E-state index in [4.69, 9.17) is 0 Å². The number of sulfone groups is 1. The number of anilines is 1. The molecule has 0 spiro atoms. The molecule has 4 rings (SSSR count). The molecule has 27 heavy (non-hydrogen) atoms. The number of rotatable bonds is 4. The first-order valence-electron chi connectivity index (χ1n) is 8.50. The van der Waals surface area contributed by atoms with Gasteiger partial charge >= 0.3 is 0 Å². The van der Waals surface area contributed by atoms with Gasteiger partial charge in [-0.2, -0.15) is 5.10 Å². The van der Waals surface area contributed by atoms with E-state index >= 15 is 0 Å². The number of benzene rings is 1. The fraction of sp³-hybridized carbons (Fsp3) is 0.278. The van der Waals surface area contributed by atoms with Crippen LogP contribution in [0.25, 0.3) is 10.6 Å². The topological polar surface area (TPSA) is 94.0 Å². The first-order chi connectivity index (χ1) is 12.9. The van der Waals surface area contributed by atoms with Crippen LogP contribution in [0.15, 0.2) is 41.8 Å². The minimum Gasteiger partial charge on any atom is -0.305 e. The van der Waals surface area contributed by atoms with E-state index in [2.05, 4.69) is 15.4 Å². The summed E-state index contributed by atoms with van der Waals surface area (Å²) in [6.45, 7) is 1.81. The third-order valence-electron chi connectivity index (χ3n) is 4.41. The molecule has 1 aliphatic heterocycles. The zero-order chi connectivity index (χ0) is 19.0. The van der Waals surface area contributed by atoms with Crippen molar-refractivity contribution >= 4 is 32.9 Å². The van der Waals surface area contributed by atoms with Crippen molar-refractivity contribution in [3.8, 4) is 10.6 Å². The molecule has 1 saturated heterocycles. The summed E-state index contributed by atoms with van der Waals surface area (Å²) in [6.07, 6.45) is 0.501. The number of nitrogens with zero attached hydrogens (tertiary/aromatic N) is 3. The van der Waals surface area contributed by atoms with Gasteiger partial charge in [-0.1, -0.05) is 30.3 Å². The van der Waals surface area contributed by atoms with Crippen LogP contribution in [0.1, 0.15) is 28.6 Å². The summed E-state index contributed by atoms with van der Waals surface area (Å²) in [5.41, 5.74) is 2.00. The van der Waals surface area contributed by atoms with E-state index in [1.807, 2.05) is 37.3 Å². The number of aryl methyl sites for hydroxylation is 1. The van der Waals surface area contributed by atoms with Crippen molar-refractivity contribution in [2.45, 2.75) is 19.4 Å². The molecule has 0 bridgehead atoms. The third kappa shape index (κ3) is 3.79. The number of carbonyl (C=O) groups is 1. The summed E-state index contributed by atoms with van der Waals surface area (Å²) < 4.78 is 25.2. The molecule has 0 aliphatic carbocycles. The van der Waals surface area contributed by atoms with Gasteiger partial charge in [-0.3, -0.25) is 4.79 Å². The van der Waals surface area contributed by atoms with E-state index in [9.17, 15) is 13.2 Å². The Morgan fingerprint density at radius 1 is 1.30 bits per heavy atom. The Morgan fingerprint density at radius 3 is 2.78 bits per heavy atom. The highest BCUT2D eigenvalue weighted by Crippen LogP contribution is 2.28. The van der Waals surface area contributed by atoms with Crippen LogP contribution < -0.4 is 5.32 Å². The average molecular weight is 403 g/mol. The molecule has 1 unspecified atom stereocenters. The van der Waals surface area contributed by atoms with E-state index < -0.39 is 9.84 Å². The van der Waals surface area contributed by atoms with Crippen molar-refractivity contribution in [2.24, 2.45) is 0 Å². The van der Waals surface area contributed by atoms with Crippen molar-refractivity contribution in [3.63, 3.8) is 0 Å². The molecule has 0 radical (unpaired) electrons. The lowest BCUT2D eigenvalue weighted by Crippen LogP contribution is -2.19. The van der Waals surface area contributed by atoms with Crippen LogP contribution in [0.2, 0.25) is 0 Å². The number of aromatic nitrogens is 3. The Hall–Kier alpha value is -2.52. The van der Waals surface area contributed by atoms with Crippen LogP contribution in [0.3, 0.4) is 0 Å². The summed E-state index contributed by atoms with van der Waals surface area (Å²) in [5.74, 6) is 0.354. The fourth-order valence-electron chi connectivity index (χ4n) is 3.13. The zero-order valence-corrected chi connectivity index (χ0v) is 16.3. The number of amides is 1. The maximum atomic E-state index is 12.6. The van der Waals surface area contributed by atoms with E-state index in [-0.39, 0.29) is 23.5 Å². The third-order valence-corrected chi connectivity index (χ3v) is 7.05. The van der Waals surface area contributed by atoms with Gasteiger partial charge < -0.3 is 5.32 Å². The molecule has 1 N–H and O–H groups in total. The highest BCUT2D eigenvalue weighted by Gasteiger charge is 2.31. The fourth-order valence-corrected chi connectivity index (χ4v) is 5.63. The minimum atomic E-state index is -3.04. The first-order valence-corrected chi connectivity index (χ1v) is 11.2. The molecule has 7 nitrogen and oxygen atoms in total. The second-order valence-electron chi connectivity index (χ2n) is 6.53. The van der Waals surface area contributed by atoms with E-state index in [1.54, 1.807) is 16.1 Å². The lowest BCUT2D eigenvalue weighted by Gasteiger charge is -2.13. The van der Waals surface area contributed by atoms with Crippen molar-refractivity contribution in [2.75, 3.05) is 16.8 Å². The normalized spacial score (nSPS) is 18.5. The second-order valence-corrected chi connectivity index (χ2v) is 9.62. The number of nitrogens with one attached hydrogen (secondary N) is 1. The zero-order valence-electron chi connectivity index (χ0n) is 14.6. The molecule has 3 heterocycles. The molecule has 3 aromatic rings. The molecule has 1 amide bonds. The number of hydrogen-bond acceptors (Lipinski definition) is 6. The van der Waals surface area contributed by atoms with Gasteiger partial charge in [0.2, 0.25) is 0 Å². The molecule has 1 aromatic carbocycles. The SMILES string of the molecule is Cc1cc(NC(=O)c2csc(-c3ccccc3)n2)n(C2CCS(=O)(=O)C2)n1. The number of hydrogen-bond donors (Lipinski definition) is 1. The Labute approximate surface area is 161 Å². The van der Waals surface area contributed by atoms with Crippen molar-refractivity contribution in [3.05, 3.63) is 53.2 Å². The first kappa shape index (κ1) is 17.9. The van der Waals surface area contributed by atoms with Gasteiger partial charge in [0.1, 0.15) is 16.5 Å². The molecule has 1 fully saturated rings. The summed E-state index contributed by atoms with van der Waals surface area (Å²) >= 11 is 1.40. The van der Waals surface area contributed by atoms with Gasteiger partial charge in [0.25, 0.3) is 5.91 Å². The van der Waals surface area contributed by atoms with Gasteiger partial charge in [0.05, 0.1) is 23.2 Å². The molecule has 0 saturated carbocycles. The van der Waals surface area contributed by atoms with E-state index in [0.29, 0.717) is 17.9 Å². The predicted molar refractivity (Wildman–Crippen MR) is 105 cm³/mol. The lowest BCUT2D eigenvalue weighted by molar-refractivity contribution is 0.102. The Morgan fingerprint density at radius 2 is 2.07 bits per heavy atom. The average Bonchev–Trinajstić information content (AvgIpc) is 3.34.